The molecule has 19 heavy (non-hydrogen) atoms. The molecule has 2 atom stereocenters. The fourth-order valence-corrected chi connectivity index (χ4v) is 4.45. The van der Waals surface area contributed by atoms with Gasteiger partial charge in [-0.3, -0.25) is 0 Å². The van der Waals surface area contributed by atoms with Crippen LogP contribution in [0.4, 0.5) is 0 Å². The number of nitrogens with one attached hydrogen (secondary N) is 1. The van der Waals surface area contributed by atoms with Crippen LogP contribution in [0.1, 0.15) is 41.3 Å². The molecule has 0 fully saturated rings. The Labute approximate surface area is 127 Å². The van der Waals surface area contributed by atoms with Crippen LogP contribution in [0.15, 0.2) is 40.2 Å². The van der Waals surface area contributed by atoms with E-state index in [1.807, 2.05) is 11.3 Å². The maximum Gasteiger partial charge on any atom is 0.0421 e. The number of benzene rings is 1. The van der Waals surface area contributed by atoms with Gasteiger partial charge in [-0.15, -0.1) is 11.3 Å². The van der Waals surface area contributed by atoms with Crippen LogP contribution in [-0.2, 0) is 6.42 Å². The van der Waals surface area contributed by atoms with Crippen LogP contribution in [0.25, 0.3) is 0 Å². The van der Waals surface area contributed by atoms with Crippen LogP contribution in [0.5, 0.6) is 0 Å². The fourth-order valence-electron chi connectivity index (χ4n) is 2.91. The molecule has 0 saturated heterocycles. The van der Waals surface area contributed by atoms with Gasteiger partial charge in [0.05, 0.1) is 0 Å². The van der Waals surface area contributed by atoms with E-state index < -0.39 is 0 Å². The molecule has 1 aromatic heterocycles. The number of rotatable bonds is 5. The van der Waals surface area contributed by atoms with E-state index in [4.69, 9.17) is 0 Å². The normalized spacial score (nSPS) is 18.7. The van der Waals surface area contributed by atoms with E-state index in [0.717, 1.165) is 12.5 Å². The molecule has 1 aliphatic carbocycles. The first-order chi connectivity index (χ1) is 9.28. The summed E-state index contributed by atoms with van der Waals surface area (Å²) in [6.07, 6.45) is 2.45. The second-order valence-corrected chi connectivity index (χ2v) is 6.97. The van der Waals surface area contributed by atoms with Crippen molar-refractivity contribution < 1.29 is 0 Å². The van der Waals surface area contributed by atoms with Gasteiger partial charge in [-0.05, 0) is 58.4 Å². The zero-order valence-corrected chi connectivity index (χ0v) is 13.4. The Morgan fingerprint density at radius 2 is 2.26 bits per heavy atom. The van der Waals surface area contributed by atoms with Crippen molar-refractivity contribution in [2.24, 2.45) is 0 Å². The molecule has 2 aromatic rings. The molecule has 3 heteroatoms. The number of thiophene rings is 1. The average molecular weight is 336 g/mol. The van der Waals surface area contributed by atoms with E-state index in [0.29, 0.717) is 6.04 Å². The summed E-state index contributed by atoms with van der Waals surface area (Å²) in [4.78, 5) is 1.44. The molecular weight excluding hydrogens is 318 g/mol. The lowest BCUT2D eigenvalue weighted by Gasteiger charge is -2.33. The van der Waals surface area contributed by atoms with Crippen LogP contribution >= 0.6 is 27.3 Å². The van der Waals surface area contributed by atoms with E-state index in [9.17, 15) is 0 Å². The molecule has 0 amide bonds. The predicted molar refractivity (Wildman–Crippen MR) is 85.9 cm³/mol. The third-order valence-electron chi connectivity index (χ3n) is 3.86. The highest BCUT2D eigenvalue weighted by Crippen LogP contribution is 2.41. The molecule has 2 unspecified atom stereocenters. The topological polar surface area (TPSA) is 12.0 Å². The summed E-state index contributed by atoms with van der Waals surface area (Å²) in [6, 6.07) is 11.6. The Bertz CT molecular complexity index is 563. The van der Waals surface area contributed by atoms with Gasteiger partial charge in [-0.1, -0.05) is 31.2 Å². The summed E-state index contributed by atoms with van der Waals surface area (Å²) in [5, 5.41) is 5.81. The predicted octanol–water partition coefficient (Wildman–Crippen LogP) is 4.89. The summed E-state index contributed by atoms with van der Waals surface area (Å²) in [7, 11) is 0. The van der Waals surface area contributed by atoms with Crippen LogP contribution < -0.4 is 5.32 Å². The smallest absolute Gasteiger partial charge is 0.0421 e. The third-order valence-corrected chi connectivity index (χ3v) is 5.67. The van der Waals surface area contributed by atoms with Crippen molar-refractivity contribution in [1.29, 1.82) is 0 Å². The van der Waals surface area contributed by atoms with Crippen molar-refractivity contribution in [3.05, 3.63) is 56.2 Å². The minimum absolute atomic E-state index is 0.486. The first-order valence-electron chi connectivity index (χ1n) is 6.83. The van der Waals surface area contributed by atoms with Gasteiger partial charge in [0.1, 0.15) is 0 Å². The molecule has 1 nitrogen and oxygen atoms in total. The molecule has 0 saturated carbocycles. The largest absolute Gasteiger partial charge is 0.310 e. The average Bonchev–Trinajstić information content (AvgIpc) is 2.81. The van der Waals surface area contributed by atoms with Gasteiger partial charge in [-0.25, -0.2) is 0 Å². The molecule has 1 aromatic carbocycles. The van der Waals surface area contributed by atoms with E-state index in [-0.39, 0.29) is 0 Å². The summed E-state index contributed by atoms with van der Waals surface area (Å²) in [5.41, 5.74) is 3.09. The lowest BCUT2D eigenvalue weighted by molar-refractivity contribution is 0.440. The van der Waals surface area contributed by atoms with Crippen LogP contribution in [0, 0.1) is 0 Å². The summed E-state index contributed by atoms with van der Waals surface area (Å²) >= 11 is 5.40. The monoisotopic (exact) mass is 335 g/mol. The Morgan fingerprint density at radius 1 is 1.42 bits per heavy atom. The molecule has 1 N–H and O–H groups in total. The molecular formula is C16H18BrNS. The van der Waals surface area contributed by atoms with Crippen molar-refractivity contribution in [3.8, 4) is 0 Å². The minimum atomic E-state index is 0.486. The van der Waals surface area contributed by atoms with Crippen molar-refractivity contribution in [2.75, 3.05) is 6.54 Å². The van der Waals surface area contributed by atoms with Crippen LogP contribution in [0.2, 0.25) is 0 Å². The van der Waals surface area contributed by atoms with Crippen molar-refractivity contribution in [1.82, 2.24) is 5.32 Å². The number of halogens is 1. The van der Waals surface area contributed by atoms with Gasteiger partial charge in [0.2, 0.25) is 0 Å². The van der Waals surface area contributed by atoms with E-state index in [1.165, 1.54) is 27.8 Å². The van der Waals surface area contributed by atoms with E-state index in [2.05, 4.69) is 63.9 Å². The van der Waals surface area contributed by atoms with Gasteiger partial charge < -0.3 is 5.32 Å². The molecule has 3 rings (SSSR count). The number of hydrogen-bond acceptors (Lipinski definition) is 2. The van der Waals surface area contributed by atoms with Gasteiger partial charge in [0.25, 0.3) is 0 Å². The van der Waals surface area contributed by atoms with Gasteiger partial charge in [0.15, 0.2) is 0 Å². The van der Waals surface area contributed by atoms with Gasteiger partial charge in [0, 0.05) is 20.8 Å². The zero-order chi connectivity index (χ0) is 13.2. The standard InChI is InChI=1S/C16H18BrNS/c1-2-18-15(16-9-13(17)10-19-16)8-12-7-11-5-3-4-6-14(11)12/h3-6,9-10,12,15,18H,2,7-8H2,1H3. The van der Waals surface area contributed by atoms with E-state index >= 15 is 0 Å². The molecule has 100 valence electrons. The minimum Gasteiger partial charge on any atom is -0.310 e. The Kier molecular flexibility index (Phi) is 4.06. The Balaban J connectivity index is 1.73. The van der Waals surface area contributed by atoms with Crippen LogP contribution in [-0.4, -0.2) is 6.54 Å². The highest BCUT2D eigenvalue weighted by molar-refractivity contribution is 9.10. The van der Waals surface area contributed by atoms with E-state index in [1.54, 1.807) is 5.56 Å². The Hall–Kier alpha value is -0.640. The van der Waals surface area contributed by atoms with Crippen molar-refractivity contribution in [3.63, 3.8) is 0 Å². The summed E-state index contributed by atoms with van der Waals surface area (Å²) < 4.78 is 1.20. The SMILES string of the molecule is CCNC(CC1Cc2ccccc21)c1cc(Br)cs1. The second kappa shape index (κ2) is 5.78. The molecule has 0 spiro atoms. The molecule has 1 heterocycles. The lowest BCUT2D eigenvalue weighted by atomic mass is 9.74. The summed E-state index contributed by atoms with van der Waals surface area (Å²) in [5.74, 6) is 0.723. The quantitative estimate of drug-likeness (QED) is 0.820. The number of fused-ring (bicyclic) bond motifs is 1. The summed E-state index contributed by atoms with van der Waals surface area (Å²) in [6.45, 7) is 3.21. The second-order valence-electron chi connectivity index (χ2n) is 5.11. The maximum absolute atomic E-state index is 3.63. The molecule has 0 aliphatic heterocycles. The first kappa shape index (κ1) is 13.3. The third kappa shape index (κ3) is 2.78. The Morgan fingerprint density at radius 3 is 2.95 bits per heavy atom. The zero-order valence-electron chi connectivity index (χ0n) is 11.0. The van der Waals surface area contributed by atoms with Crippen molar-refractivity contribution >= 4 is 27.3 Å². The highest BCUT2D eigenvalue weighted by Gasteiger charge is 2.28. The number of hydrogen-bond donors (Lipinski definition) is 1. The maximum atomic E-state index is 3.63. The molecule has 0 bridgehead atoms. The van der Waals surface area contributed by atoms with Crippen molar-refractivity contribution in [2.45, 2.75) is 31.7 Å². The lowest BCUT2D eigenvalue weighted by Crippen LogP contribution is -2.26. The fraction of sp³-hybridized carbons (Fsp3) is 0.375. The van der Waals surface area contributed by atoms with Gasteiger partial charge in [-0.2, -0.15) is 0 Å². The van der Waals surface area contributed by atoms with Crippen LogP contribution in [0.3, 0.4) is 0 Å². The molecule has 0 radical (unpaired) electrons. The highest BCUT2D eigenvalue weighted by atomic mass is 79.9. The first-order valence-corrected chi connectivity index (χ1v) is 8.50. The van der Waals surface area contributed by atoms with Gasteiger partial charge >= 0.3 is 0 Å². The molecule has 1 aliphatic rings.